The second-order valence-corrected chi connectivity index (χ2v) is 9.87. The third kappa shape index (κ3) is 5.06. The fraction of sp³-hybridized carbons (Fsp3) is 0.444. The molecule has 2 fully saturated rings. The number of nitrogens with one attached hydrogen (secondary N) is 1. The topological polar surface area (TPSA) is 101 Å². The minimum atomic E-state index is -0.869. The van der Waals surface area contributed by atoms with Crippen LogP contribution in [-0.4, -0.2) is 102 Å². The lowest BCUT2D eigenvalue weighted by molar-refractivity contribution is -0.127. The number of para-hydroxylation sites is 1. The zero-order chi connectivity index (χ0) is 26.1. The number of carbonyl (C=O) groups excluding carboxylic acids is 2. The second-order valence-electron chi connectivity index (χ2n) is 9.87. The molecule has 3 amide bonds. The van der Waals surface area contributed by atoms with Gasteiger partial charge in [-0.05, 0) is 49.2 Å². The van der Waals surface area contributed by atoms with Gasteiger partial charge in [0.2, 0.25) is 0 Å². The van der Waals surface area contributed by atoms with Crippen molar-refractivity contribution in [1.29, 1.82) is 0 Å². The molecule has 10 nitrogen and oxygen atoms in total. The molecule has 3 heterocycles. The molecule has 2 aromatic rings. The summed E-state index contributed by atoms with van der Waals surface area (Å²) in [6.45, 7) is 7.28. The Morgan fingerprint density at radius 1 is 1.03 bits per heavy atom. The fourth-order valence-electron chi connectivity index (χ4n) is 5.05. The highest BCUT2D eigenvalue weighted by Gasteiger charge is 2.50. The molecule has 3 aliphatic heterocycles. The van der Waals surface area contributed by atoms with E-state index in [1.165, 1.54) is 16.2 Å². The fourth-order valence-corrected chi connectivity index (χ4v) is 5.05. The zero-order valence-corrected chi connectivity index (χ0v) is 21.5. The van der Waals surface area contributed by atoms with Crippen LogP contribution in [-0.2, 0) is 4.79 Å². The highest BCUT2D eigenvalue weighted by atomic mass is 16.5. The van der Waals surface area contributed by atoms with Crippen LogP contribution in [0.2, 0.25) is 0 Å². The number of aryl methyl sites for hydroxylation is 2. The van der Waals surface area contributed by atoms with Crippen molar-refractivity contribution in [1.82, 2.24) is 20.0 Å². The van der Waals surface area contributed by atoms with E-state index >= 15 is 0 Å². The quantitative estimate of drug-likeness (QED) is 0.611. The number of imide groups is 1. The van der Waals surface area contributed by atoms with Crippen molar-refractivity contribution in [2.24, 2.45) is 4.99 Å². The molecule has 196 valence electrons. The summed E-state index contributed by atoms with van der Waals surface area (Å²) in [5.41, 5.74) is 3.46. The molecular weight excluding hydrogens is 472 g/mol. The van der Waals surface area contributed by atoms with E-state index in [1.807, 2.05) is 55.1 Å². The minimum Gasteiger partial charge on any atom is -0.491 e. The van der Waals surface area contributed by atoms with Gasteiger partial charge in [-0.3, -0.25) is 10.1 Å². The molecule has 0 spiro atoms. The molecule has 5 rings (SSSR count). The number of fused-ring (bicyclic) bond motifs is 1. The Balaban J connectivity index is 1.30. The Labute approximate surface area is 217 Å². The molecule has 2 aromatic carbocycles. The molecule has 0 radical (unpaired) electrons. The largest absolute Gasteiger partial charge is 0.491 e. The number of piperazine rings is 1. The Hall–Kier alpha value is -3.79. The van der Waals surface area contributed by atoms with Crippen LogP contribution in [0.15, 0.2) is 53.5 Å². The number of ether oxygens (including phenoxy) is 1. The van der Waals surface area contributed by atoms with Gasteiger partial charge in [0.1, 0.15) is 18.5 Å². The maximum absolute atomic E-state index is 12.9. The van der Waals surface area contributed by atoms with Crippen LogP contribution in [0, 0.1) is 13.8 Å². The summed E-state index contributed by atoms with van der Waals surface area (Å²) in [5.74, 6) is 0.912. The first-order valence-electron chi connectivity index (χ1n) is 12.7. The predicted molar refractivity (Wildman–Crippen MR) is 141 cm³/mol. The molecule has 0 aliphatic carbocycles. The minimum absolute atomic E-state index is 0.0713. The van der Waals surface area contributed by atoms with Crippen molar-refractivity contribution in [2.45, 2.75) is 32.2 Å². The lowest BCUT2D eigenvalue weighted by Crippen LogP contribution is -2.65. The standard InChI is InChI=1S/C27H34N6O4/c1-18-9-10-22(15-19(18)2)37-17-21(34)16-33-23-24(30(3)27(36)29-25(23)35)28-26(33)32-13-11-31(12-14-32)20-7-5-4-6-8-20/h4-10,15,21,23-24,34H,11-14,16-17H2,1-3H3,(H,29,35,36). The number of aliphatic hydroxyl groups excluding tert-OH is 1. The van der Waals surface area contributed by atoms with Gasteiger partial charge in [-0.15, -0.1) is 0 Å². The second kappa shape index (κ2) is 10.3. The highest BCUT2D eigenvalue weighted by Crippen LogP contribution is 2.27. The number of aliphatic imine (C=N–C) groups is 1. The lowest BCUT2D eigenvalue weighted by Gasteiger charge is -2.41. The first-order valence-corrected chi connectivity index (χ1v) is 12.7. The number of β-amino-alcohol motifs (C(OH)–C–C–N with tert-alkyl or cyclic N) is 1. The number of likely N-dealkylation sites (N-methyl/N-ethyl adjacent to an activating group) is 1. The number of urea groups is 1. The third-order valence-electron chi connectivity index (χ3n) is 7.35. The number of hydrogen-bond donors (Lipinski definition) is 2. The first kappa shape index (κ1) is 24.9. The SMILES string of the molecule is Cc1ccc(OCC(O)CN2C(N3CCN(c4ccccc4)CC3)=NC3C2C(=O)NC(=O)N3C)cc1C. The Morgan fingerprint density at radius 3 is 2.43 bits per heavy atom. The number of amides is 3. The number of aliphatic hydroxyl groups is 1. The average Bonchev–Trinajstić information content (AvgIpc) is 3.28. The van der Waals surface area contributed by atoms with Crippen molar-refractivity contribution in [3.8, 4) is 5.75 Å². The van der Waals surface area contributed by atoms with Gasteiger partial charge in [0.15, 0.2) is 18.2 Å². The molecule has 2 N–H and O–H groups in total. The van der Waals surface area contributed by atoms with E-state index in [2.05, 4.69) is 27.2 Å². The molecule has 0 saturated carbocycles. The van der Waals surface area contributed by atoms with Crippen LogP contribution in [0.25, 0.3) is 0 Å². The summed E-state index contributed by atoms with van der Waals surface area (Å²) >= 11 is 0. The number of hydrogen-bond acceptors (Lipinski definition) is 8. The number of nitrogens with zero attached hydrogens (tertiary/aromatic N) is 5. The summed E-state index contributed by atoms with van der Waals surface area (Å²) in [6, 6.07) is 14.9. The highest BCUT2D eigenvalue weighted by molar-refractivity contribution is 6.03. The van der Waals surface area contributed by atoms with Gasteiger partial charge in [-0.25, -0.2) is 9.79 Å². The predicted octanol–water partition coefficient (Wildman–Crippen LogP) is 1.41. The molecule has 3 unspecified atom stereocenters. The summed E-state index contributed by atoms with van der Waals surface area (Å²) in [7, 11) is 1.64. The average molecular weight is 507 g/mol. The molecule has 37 heavy (non-hydrogen) atoms. The summed E-state index contributed by atoms with van der Waals surface area (Å²) < 4.78 is 5.86. The van der Waals surface area contributed by atoms with E-state index in [0.717, 1.165) is 18.7 Å². The lowest BCUT2D eigenvalue weighted by atomic mass is 10.1. The van der Waals surface area contributed by atoms with E-state index in [-0.39, 0.29) is 13.2 Å². The molecule has 10 heteroatoms. The van der Waals surface area contributed by atoms with Crippen molar-refractivity contribution in [3.63, 3.8) is 0 Å². The molecule has 0 bridgehead atoms. The maximum atomic E-state index is 12.9. The number of benzene rings is 2. The first-order chi connectivity index (χ1) is 17.8. The summed E-state index contributed by atoms with van der Waals surface area (Å²) in [6.07, 6.45) is -1.51. The summed E-state index contributed by atoms with van der Waals surface area (Å²) in [4.78, 5) is 37.8. The number of guanidine groups is 1. The van der Waals surface area contributed by atoms with Gasteiger partial charge in [0.05, 0.1) is 6.54 Å². The van der Waals surface area contributed by atoms with Crippen molar-refractivity contribution < 1.29 is 19.4 Å². The Kier molecular flexibility index (Phi) is 6.92. The van der Waals surface area contributed by atoms with Crippen LogP contribution in [0.4, 0.5) is 10.5 Å². The number of anilines is 1. The van der Waals surface area contributed by atoms with Gasteiger partial charge in [0.25, 0.3) is 5.91 Å². The normalized spacial score (nSPS) is 22.5. The smallest absolute Gasteiger partial charge is 0.325 e. The number of carbonyl (C=O) groups is 2. The van der Waals surface area contributed by atoms with Gasteiger partial charge in [0, 0.05) is 38.9 Å². The van der Waals surface area contributed by atoms with Gasteiger partial charge in [-0.2, -0.15) is 0 Å². The van der Waals surface area contributed by atoms with Crippen LogP contribution < -0.4 is 15.0 Å². The van der Waals surface area contributed by atoms with Gasteiger partial charge < -0.3 is 29.4 Å². The van der Waals surface area contributed by atoms with E-state index in [1.54, 1.807) is 7.05 Å². The van der Waals surface area contributed by atoms with E-state index in [9.17, 15) is 14.7 Å². The van der Waals surface area contributed by atoms with Gasteiger partial charge in [-0.1, -0.05) is 24.3 Å². The maximum Gasteiger partial charge on any atom is 0.325 e. The zero-order valence-electron chi connectivity index (χ0n) is 21.5. The van der Waals surface area contributed by atoms with Crippen LogP contribution in [0.1, 0.15) is 11.1 Å². The van der Waals surface area contributed by atoms with Crippen molar-refractivity contribution in [3.05, 3.63) is 59.7 Å². The molecule has 3 aliphatic rings. The summed E-state index contributed by atoms with van der Waals surface area (Å²) in [5, 5.41) is 13.4. The van der Waals surface area contributed by atoms with Crippen LogP contribution in [0.3, 0.4) is 0 Å². The van der Waals surface area contributed by atoms with Crippen molar-refractivity contribution >= 4 is 23.6 Å². The van der Waals surface area contributed by atoms with E-state index < -0.39 is 30.2 Å². The Bertz CT molecular complexity index is 1180. The molecule has 2 saturated heterocycles. The number of rotatable bonds is 6. The van der Waals surface area contributed by atoms with E-state index in [4.69, 9.17) is 9.73 Å². The molecule has 0 aromatic heterocycles. The monoisotopic (exact) mass is 506 g/mol. The van der Waals surface area contributed by atoms with Crippen molar-refractivity contribution in [2.75, 3.05) is 51.3 Å². The molecule has 3 atom stereocenters. The van der Waals surface area contributed by atoms with Crippen LogP contribution in [0.5, 0.6) is 5.75 Å². The third-order valence-corrected chi connectivity index (χ3v) is 7.35. The van der Waals surface area contributed by atoms with Gasteiger partial charge >= 0.3 is 6.03 Å². The molecular formula is C27H34N6O4. The Morgan fingerprint density at radius 2 is 1.73 bits per heavy atom. The van der Waals surface area contributed by atoms with E-state index in [0.29, 0.717) is 24.8 Å². The van der Waals surface area contributed by atoms with Crippen LogP contribution >= 0.6 is 0 Å².